The van der Waals surface area contributed by atoms with Crippen molar-refractivity contribution in [2.45, 2.75) is 90.9 Å². The van der Waals surface area contributed by atoms with Crippen molar-refractivity contribution in [3.63, 3.8) is 0 Å². The van der Waals surface area contributed by atoms with Crippen molar-refractivity contribution in [1.82, 2.24) is 4.98 Å². The maximum atomic E-state index is 14.3. The Kier molecular flexibility index (Phi) is 17.2. The summed E-state index contributed by atoms with van der Waals surface area (Å²) in [6, 6.07) is 30.6. The third kappa shape index (κ3) is 12.1. The molecule has 5 rings (SSSR count). The van der Waals surface area contributed by atoms with Crippen LogP contribution in [0.5, 0.6) is 0 Å². The molecule has 0 spiro atoms. The van der Waals surface area contributed by atoms with Gasteiger partial charge in [0.15, 0.2) is 5.60 Å². The van der Waals surface area contributed by atoms with Gasteiger partial charge in [0.1, 0.15) is 12.6 Å². The second-order valence-electron chi connectivity index (χ2n) is 11.8. The quantitative estimate of drug-likeness (QED) is 0.116. The zero-order valence-electron chi connectivity index (χ0n) is 27.0. The van der Waals surface area contributed by atoms with E-state index in [-0.39, 0.29) is 46.6 Å². The van der Waals surface area contributed by atoms with Gasteiger partial charge in [0.25, 0.3) is 0 Å². The van der Waals surface area contributed by atoms with Crippen LogP contribution >= 0.6 is 0 Å². The first-order chi connectivity index (χ1) is 20.3. The maximum absolute atomic E-state index is 14.3. The maximum Gasteiger partial charge on any atom is 0.167 e. The van der Waals surface area contributed by atoms with E-state index in [4.69, 9.17) is 20.3 Å². The van der Waals surface area contributed by atoms with Crippen molar-refractivity contribution in [3.05, 3.63) is 119 Å². The van der Waals surface area contributed by atoms with Crippen molar-refractivity contribution in [1.29, 1.82) is 0 Å². The first kappa shape index (κ1) is 39.6. The summed E-state index contributed by atoms with van der Waals surface area (Å²) in [5, 5.41) is 51.7. The number of hydrogen-bond acceptors (Lipinski definition) is 6. The van der Waals surface area contributed by atoms with Crippen LogP contribution in [0.4, 0.5) is 0 Å². The number of hydrogen-bond donors (Lipinski definition) is 4. The molecule has 2 atom stereocenters. The van der Waals surface area contributed by atoms with Crippen LogP contribution in [0.15, 0.2) is 97.1 Å². The predicted molar refractivity (Wildman–Crippen MR) is 175 cm³/mol. The van der Waals surface area contributed by atoms with Gasteiger partial charge in [0.05, 0.1) is 17.8 Å². The van der Waals surface area contributed by atoms with Crippen molar-refractivity contribution < 1.29 is 46.8 Å². The number of quaternary nitrogens is 1. The fraction of sp³-hybridized carbons (Fsp3) is 0.417. The summed E-state index contributed by atoms with van der Waals surface area (Å²) in [5.41, 5.74) is 1.82. The van der Waals surface area contributed by atoms with Gasteiger partial charge in [-0.3, -0.25) is 0 Å². The first-order valence-electron chi connectivity index (χ1n) is 15.1. The standard InChI is InChI=1S/C27H26N2O2.3C3H8O.Ti/c30-27(22-11-3-1-4-12-22,23-13-5-2-6-14-23)26-16-9-19-29(26,31)20-24-18-17-21-10-7-8-15-25(21)28-24;3*1-3(2)4;/h1-8,10-15,17-18,26,30H,9,16,19-20H2;3*3-4H,1-2H3;/t26-,29+;;;;/m0..../s1. The van der Waals surface area contributed by atoms with Crippen molar-refractivity contribution in [2.75, 3.05) is 6.54 Å². The SMILES string of the molecule is CC(C)O.CC(C)O.CC(C)O.[O-][N@@+]1(Cc2ccc3ccccc3n2)CCC[C@H]1C(O)(c1ccccc1)c1ccccc1.[Ti]. The Morgan fingerprint density at radius 2 is 1.16 bits per heavy atom. The van der Waals surface area contributed by atoms with E-state index in [2.05, 4.69) is 0 Å². The fourth-order valence-corrected chi connectivity index (χ4v) is 5.09. The Bertz CT molecular complexity index is 1280. The third-order valence-corrected chi connectivity index (χ3v) is 6.58. The average molecular weight is 639 g/mol. The molecule has 0 saturated carbocycles. The molecule has 0 aliphatic carbocycles. The Balaban J connectivity index is 0.000000642. The van der Waals surface area contributed by atoms with Gasteiger partial charge < -0.3 is 30.3 Å². The van der Waals surface area contributed by atoms with E-state index in [9.17, 15) is 10.3 Å². The van der Waals surface area contributed by atoms with Crippen molar-refractivity contribution in [2.24, 2.45) is 0 Å². The molecule has 0 amide bonds. The molecule has 0 unspecified atom stereocenters. The number of nitrogens with zero attached hydrogens (tertiary/aromatic N) is 2. The molecule has 44 heavy (non-hydrogen) atoms. The molecular weight excluding hydrogens is 588 g/mol. The molecule has 1 aromatic heterocycles. The Morgan fingerprint density at radius 1 is 0.727 bits per heavy atom. The van der Waals surface area contributed by atoms with Crippen LogP contribution in [0.1, 0.15) is 71.2 Å². The van der Waals surface area contributed by atoms with E-state index < -0.39 is 16.3 Å². The van der Waals surface area contributed by atoms with Crippen molar-refractivity contribution >= 4 is 10.9 Å². The predicted octanol–water partition coefficient (Wildman–Crippen LogP) is 6.31. The fourth-order valence-electron chi connectivity index (χ4n) is 5.09. The Morgan fingerprint density at radius 3 is 1.64 bits per heavy atom. The molecule has 7 nitrogen and oxygen atoms in total. The van der Waals surface area contributed by atoms with E-state index in [1.54, 1.807) is 41.5 Å². The largest absolute Gasteiger partial charge is 0.632 e. The molecule has 0 bridgehead atoms. The number of hydroxylamine groups is 3. The van der Waals surface area contributed by atoms with E-state index in [1.165, 1.54) is 0 Å². The van der Waals surface area contributed by atoms with E-state index in [1.807, 2.05) is 97.1 Å². The number of aliphatic hydroxyl groups excluding tert-OH is 3. The van der Waals surface area contributed by atoms with Gasteiger partial charge in [-0.15, -0.1) is 0 Å². The molecule has 4 N–H and O–H groups in total. The summed E-state index contributed by atoms with van der Waals surface area (Å²) in [4.78, 5) is 4.75. The van der Waals surface area contributed by atoms with Gasteiger partial charge in [-0.2, -0.15) is 0 Å². The molecule has 1 fully saturated rings. The molecule has 238 valence electrons. The number of likely N-dealkylation sites (tertiary alicyclic amines) is 1. The number of pyridine rings is 1. The minimum absolute atomic E-state index is 0. The van der Waals surface area contributed by atoms with Gasteiger partial charge in [-0.25, -0.2) is 4.98 Å². The molecule has 1 saturated heterocycles. The van der Waals surface area contributed by atoms with Crippen LogP contribution in [-0.4, -0.2) is 61.0 Å². The van der Waals surface area contributed by atoms with Crippen LogP contribution in [0.25, 0.3) is 10.9 Å². The van der Waals surface area contributed by atoms with Gasteiger partial charge in [-0.1, -0.05) is 84.9 Å². The van der Waals surface area contributed by atoms with Crippen LogP contribution < -0.4 is 0 Å². The molecule has 4 aromatic rings. The van der Waals surface area contributed by atoms with Crippen LogP contribution in [0.3, 0.4) is 0 Å². The number of para-hydroxylation sites is 1. The second-order valence-corrected chi connectivity index (χ2v) is 11.8. The summed E-state index contributed by atoms with van der Waals surface area (Å²) in [6.45, 7) is 11.1. The summed E-state index contributed by atoms with van der Waals surface area (Å²) in [6.07, 6.45) is 0.946. The molecule has 8 heteroatoms. The minimum atomic E-state index is -1.36. The molecular formula is C36H50N2O5Ti. The smallest absolute Gasteiger partial charge is 0.167 e. The molecule has 1 aliphatic heterocycles. The summed E-state index contributed by atoms with van der Waals surface area (Å²) < 4.78 is -0.481. The normalized spacial score (nSPS) is 17.5. The van der Waals surface area contributed by atoms with Gasteiger partial charge in [-0.05, 0) is 64.8 Å². The van der Waals surface area contributed by atoms with E-state index in [0.717, 1.165) is 34.1 Å². The zero-order valence-corrected chi connectivity index (χ0v) is 28.5. The minimum Gasteiger partial charge on any atom is -0.632 e. The monoisotopic (exact) mass is 638 g/mol. The van der Waals surface area contributed by atoms with Crippen LogP contribution in [0, 0.1) is 5.21 Å². The number of aliphatic hydroxyl groups is 4. The summed E-state index contributed by atoms with van der Waals surface area (Å²) in [5.74, 6) is 0. The van der Waals surface area contributed by atoms with Gasteiger partial charge in [0.2, 0.25) is 0 Å². The van der Waals surface area contributed by atoms with E-state index >= 15 is 0 Å². The number of aromatic nitrogens is 1. The molecule has 1 aliphatic rings. The molecule has 3 aromatic carbocycles. The van der Waals surface area contributed by atoms with Gasteiger partial charge in [0, 0.05) is 58.3 Å². The summed E-state index contributed by atoms with van der Waals surface area (Å²) in [7, 11) is 0. The zero-order chi connectivity index (χ0) is 32.0. The van der Waals surface area contributed by atoms with Crippen LogP contribution in [-0.2, 0) is 33.9 Å². The second kappa shape index (κ2) is 19.1. The number of rotatable bonds is 5. The van der Waals surface area contributed by atoms with E-state index in [0.29, 0.717) is 13.0 Å². The third-order valence-electron chi connectivity index (χ3n) is 6.58. The number of fused-ring (bicyclic) bond motifs is 1. The van der Waals surface area contributed by atoms with Crippen molar-refractivity contribution in [3.8, 4) is 0 Å². The molecule has 2 heterocycles. The van der Waals surface area contributed by atoms with Crippen LogP contribution in [0.2, 0.25) is 0 Å². The first-order valence-corrected chi connectivity index (χ1v) is 15.1. The average Bonchev–Trinajstić information content (AvgIpc) is 3.34. The number of benzene rings is 3. The molecule has 0 radical (unpaired) electrons. The Hall–Kier alpha value is -2.46. The van der Waals surface area contributed by atoms with Gasteiger partial charge >= 0.3 is 0 Å². The Labute approximate surface area is 278 Å². The topological polar surface area (TPSA) is 117 Å². The summed E-state index contributed by atoms with van der Waals surface area (Å²) >= 11 is 0.